The fraction of sp³-hybridized carbons (Fsp3) is 0.667. The zero-order valence-electron chi connectivity index (χ0n) is 7.64. The molecule has 0 saturated carbocycles. The van der Waals surface area contributed by atoms with E-state index in [-0.39, 0.29) is 5.91 Å². The Morgan fingerprint density at radius 1 is 1.45 bits per heavy atom. The predicted octanol–water partition coefficient (Wildman–Crippen LogP) is 1.12. The van der Waals surface area contributed by atoms with Crippen LogP contribution in [0.25, 0.3) is 0 Å². The maximum atomic E-state index is 10.9. The van der Waals surface area contributed by atoms with Crippen LogP contribution in [0.2, 0.25) is 0 Å². The predicted molar refractivity (Wildman–Crippen MR) is 45.9 cm³/mol. The lowest BCUT2D eigenvalue weighted by Gasteiger charge is -2.02. The highest BCUT2D eigenvalue weighted by molar-refractivity contribution is 5.93. The summed E-state index contributed by atoms with van der Waals surface area (Å²) in [5, 5.41) is 0. The van der Waals surface area contributed by atoms with Gasteiger partial charge in [0.2, 0.25) is 0 Å². The Bertz CT molecular complexity index is 183. The first kappa shape index (κ1) is 10.0. The number of carbonyl (C=O) groups excluding carboxylic acids is 1. The van der Waals surface area contributed by atoms with Gasteiger partial charge in [-0.2, -0.15) is 0 Å². The van der Waals surface area contributed by atoms with Gasteiger partial charge in [-0.25, -0.2) is 0 Å². The second-order valence-corrected chi connectivity index (χ2v) is 3.10. The van der Waals surface area contributed by atoms with Gasteiger partial charge in [-0.05, 0) is 11.8 Å². The van der Waals surface area contributed by atoms with Gasteiger partial charge in [0, 0.05) is 20.5 Å². The number of amides is 1. The van der Waals surface area contributed by atoms with Crippen LogP contribution >= 0.6 is 0 Å². The summed E-state index contributed by atoms with van der Waals surface area (Å²) in [6, 6.07) is 0. The molecule has 0 aliphatic rings. The van der Waals surface area contributed by atoms with Gasteiger partial charge in [0.1, 0.15) is 0 Å². The molecule has 0 heterocycles. The van der Waals surface area contributed by atoms with Crippen LogP contribution in [0.4, 0.5) is 0 Å². The molecule has 62 valence electrons. The van der Waals surface area contributed by atoms with Crippen LogP contribution in [-0.4, -0.2) is 24.9 Å². The molecule has 11 heavy (non-hydrogen) atoms. The van der Waals surface area contributed by atoms with Crippen LogP contribution in [0.1, 0.15) is 20.3 Å². The molecule has 2 heteroatoms. The van der Waals surface area contributed by atoms with Crippen LogP contribution < -0.4 is 0 Å². The molecule has 0 rings (SSSR count). The molecule has 0 fully saturated rings. The summed E-state index contributed by atoms with van der Waals surface area (Å²) in [6.45, 7) is 4.16. The minimum absolute atomic E-state index is 0.120. The lowest BCUT2D eigenvalue weighted by atomic mass is 10.1. The SMILES string of the molecule is CC(C)CC#CC(=O)N(C)C. The lowest BCUT2D eigenvalue weighted by molar-refractivity contribution is -0.122. The first-order valence-corrected chi connectivity index (χ1v) is 3.74. The molecule has 0 bridgehead atoms. The van der Waals surface area contributed by atoms with Crippen molar-refractivity contribution in [3.63, 3.8) is 0 Å². The number of hydrogen-bond acceptors (Lipinski definition) is 1. The normalized spacial score (nSPS) is 8.82. The smallest absolute Gasteiger partial charge is 0.297 e. The van der Waals surface area contributed by atoms with Crippen LogP contribution in [0.5, 0.6) is 0 Å². The van der Waals surface area contributed by atoms with E-state index in [4.69, 9.17) is 0 Å². The summed E-state index contributed by atoms with van der Waals surface area (Å²) < 4.78 is 0. The third-order valence-corrected chi connectivity index (χ3v) is 1.11. The molecule has 0 aromatic rings. The van der Waals surface area contributed by atoms with Crippen molar-refractivity contribution in [3.05, 3.63) is 0 Å². The maximum absolute atomic E-state index is 10.9. The van der Waals surface area contributed by atoms with Crippen molar-refractivity contribution in [2.75, 3.05) is 14.1 Å². The second-order valence-electron chi connectivity index (χ2n) is 3.10. The third kappa shape index (κ3) is 5.47. The Balaban J connectivity index is 3.79. The summed E-state index contributed by atoms with van der Waals surface area (Å²) in [4.78, 5) is 12.4. The highest BCUT2D eigenvalue weighted by Crippen LogP contribution is 1.95. The van der Waals surface area contributed by atoms with E-state index in [0.717, 1.165) is 6.42 Å². The fourth-order valence-corrected chi connectivity index (χ4v) is 0.443. The molecule has 1 amide bonds. The summed E-state index contributed by atoms with van der Waals surface area (Å²) in [5.74, 6) is 5.79. The minimum atomic E-state index is -0.120. The number of nitrogens with zero attached hydrogens (tertiary/aromatic N) is 1. The average Bonchev–Trinajstić information content (AvgIpc) is 1.86. The molecule has 2 nitrogen and oxygen atoms in total. The Morgan fingerprint density at radius 3 is 2.36 bits per heavy atom. The molecule has 0 unspecified atom stereocenters. The first-order valence-electron chi connectivity index (χ1n) is 3.74. The average molecular weight is 153 g/mol. The van der Waals surface area contributed by atoms with E-state index in [2.05, 4.69) is 25.7 Å². The third-order valence-electron chi connectivity index (χ3n) is 1.11. The van der Waals surface area contributed by atoms with Crippen LogP contribution in [0, 0.1) is 17.8 Å². The van der Waals surface area contributed by atoms with E-state index in [0.29, 0.717) is 5.92 Å². The van der Waals surface area contributed by atoms with Gasteiger partial charge >= 0.3 is 0 Å². The molecular weight excluding hydrogens is 138 g/mol. The largest absolute Gasteiger partial charge is 0.338 e. The fourth-order valence-electron chi connectivity index (χ4n) is 0.443. The van der Waals surface area contributed by atoms with E-state index in [1.165, 1.54) is 4.90 Å². The van der Waals surface area contributed by atoms with Crippen molar-refractivity contribution in [2.24, 2.45) is 5.92 Å². The quantitative estimate of drug-likeness (QED) is 0.517. The summed E-state index contributed by atoms with van der Waals surface area (Å²) in [6.07, 6.45) is 0.791. The molecule has 0 aliphatic heterocycles. The standard InChI is InChI=1S/C9H15NO/c1-8(2)6-5-7-9(11)10(3)4/h8H,6H2,1-4H3. The van der Waals surface area contributed by atoms with Crippen molar-refractivity contribution < 1.29 is 4.79 Å². The maximum Gasteiger partial charge on any atom is 0.297 e. The van der Waals surface area contributed by atoms with E-state index < -0.39 is 0 Å². The van der Waals surface area contributed by atoms with Crippen molar-refractivity contribution in [3.8, 4) is 11.8 Å². The summed E-state index contributed by atoms with van der Waals surface area (Å²) in [7, 11) is 3.40. The van der Waals surface area contributed by atoms with Crippen LogP contribution in [-0.2, 0) is 4.79 Å². The van der Waals surface area contributed by atoms with Crippen molar-refractivity contribution in [1.82, 2.24) is 4.90 Å². The van der Waals surface area contributed by atoms with Gasteiger partial charge < -0.3 is 4.90 Å². The van der Waals surface area contributed by atoms with Gasteiger partial charge in [-0.15, -0.1) is 0 Å². The molecule has 0 saturated heterocycles. The molecular formula is C9H15NO. The number of hydrogen-bond donors (Lipinski definition) is 0. The van der Waals surface area contributed by atoms with Gasteiger partial charge in [-0.1, -0.05) is 19.8 Å². The van der Waals surface area contributed by atoms with Gasteiger partial charge in [0.15, 0.2) is 0 Å². The van der Waals surface area contributed by atoms with E-state index in [9.17, 15) is 4.79 Å². The van der Waals surface area contributed by atoms with Gasteiger partial charge in [0.05, 0.1) is 0 Å². The van der Waals surface area contributed by atoms with Crippen LogP contribution in [0.3, 0.4) is 0 Å². The van der Waals surface area contributed by atoms with Crippen molar-refractivity contribution in [1.29, 1.82) is 0 Å². The van der Waals surface area contributed by atoms with Gasteiger partial charge in [0.25, 0.3) is 5.91 Å². The molecule has 0 atom stereocenters. The highest BCUT2D eigenvalue weighted by atomic mass is 16.2. The Morgan fingerprint density at radius 2 is 2.00 bits per heavy atom. The number of rotatable bonds is 1. The van der Waals surface area contributed by atoms with E-state index in [1.54, 1.807) is 14.1 Å². The molecule has 0 radical (unpaired) electrons. The summed E-state index contributed by atoms with van der Waals surface area (Å²) >= 11 is 0. The highest BCUT2D eigenvalue weighted by Gasteiger charge is 1.95. The van der Waals surface area contributed by atoms with E-state index >= 15 is 0 Å². The van der Waals surface area contributed by atoms with Crippen LogP contribution in [0.15, 0.2) is 0 Å². The Hall–Kier alpha value is -0.970. The lowest BCUT2D eigenvalue weighted by Crippen LogP contribution is -2.19. The topological polar surface area (TPSA) is 20.3 Å². The van der Waals surface area contributed by atoms with Gasteiger partial charge in [-0.3, -0.25) is 4.79 Å². The molecule has 0 aliphatic carbocycles. The Labute approximate surface area is 68.6 Å². The Kier molecular flexibility index (Phi) is 4.36. The monoisotopic (exact) mass is 153 g/mol. The minimum Gasteiger partial charge on any atom is -0.338 e. The molecule has 0 N–H and O–H groups in total. The van der Waals surface area contributed by atoms with Crippen molar-refractivity contribution >= 4 is 5.91 Å². The zero-order chi connectivity index (χ0) is 8.85. The second kappa shape index (κ2) is 4.79. The molecule has 0 spiro atoms. The molecule has 0 aromatic heterocycles. The van der Waals surface area contributed by atoms with E-state index in [1.807, 2.05) is 0 Å². The first-order chi connectivity index (χ1) is 5.04. The van der Waals surface area contributed by atoms with Crippen molar-refractivity contribution in [2.45, 2.75) is 20.3 Å². The number of carbonyl (C=O) groups is 1. The summed E-state index contributed by atoms with van der Waals surface area (Å²) in [5.41, 5.74) is 0. The molecule has 0 aromatic carbocycles. The zero-order valence-corrected chi connectivity index (χ0v) is 7.64.